The molecule has 0 unspecified atom stereocenters. The van der Waals surface area contributed by atoms with Crippen LogP contribution in [0.15, 0.2) is 18.2 Å². The van der Waals surface area contributed by atoms with Gasteiger partial charge in [0.05, 0.1) is 10.5 Å². The molecule has 0 aliphatic rings. The van der Waals surface area contributed by atoms with Gasteiger partial charge in [0.2, 0.25) is 0 Å². The topological polar surface area (TPSA) is 63.4 Å². The average molecular weight is 264 g/mol. The summed E-state index contributed by atoms with van der Waals surface area (Å²) in [7, 11) is 0. The summed E-state index contributed by atoms with van der Waals surface area (Å²) in [4.78, 5) is 24.1. The zero-order valence-corrected chi connectivity index (χ0v) is 11.8. The largest absolute Gasteiger partial charge is 0.369 e. The number of nitro groups is 1. The van der Waals surface area contributed by atoms with E-state index in [1.165, 1.54) is 13.0 Å². The van der Waals surface area contributed by atoms with Gasteiger partial charge in [-0.05, 0) is 39.3 Å². The van der Waals surface area contributed by atoms with Crippen LogP contribution in [-0.4, -0.2) is 23.3 Å². The molecule has 0 radical (unpaired) electrons. The van der Waals surface area contributed by atoms with Crippen molar-refractivity contribution >= 4 is 17.2 Å². The highest BCUT2D eigenvalue weighted by Gasteiger charge is 2.20. The van der Waals surface area contributed by atoms with Gasteiger partial charge in [-0.2, -0.15) is 0 Å². The number of hydrogen-bond acceptors (Lipinski definition) is 4. The Morgan fingerprint density at radius 1 is 1.42 bits per heavy atom. The second-order valence-electron chi connectivity index (χ2n) is 4.80. The minimum Gasteiger partial charge on any atom is -0.369 e. The average Bonchev–Trinajstić information content (AvgIpc) is 2.34. The Bertz CT molecular complexity index is 484. The second kappa shape index (κ2) is 6.31. The van der Waals surface area contributed by atoms with E-state index < -0.39 is 4.92 Å². The summed E-state index contributed by atoms with van der Waals surface area (Å²) in [6.45, 7) is 8.40. The van der Waals surface area contributed by atoms with E-state index in [0.717, 1.165) is 18.7 Å². The number of nitro benzene ring substituents is 1. The highest BCUT2D eigenvalue weighted by atomic mass is 16.6. The van der Waals surface area contributed by atoms with Crippen molar-refractivity contribution in [2.75, 3.05) is 11.4 Å². The van der Waals surface area contributed by atoms with Gasteiger partial charge in [-0.25, -0.2) is 0 Å². The normalized spacial score (nSPS) is 10.6. The predicted molar refractivity (Wildman–Crippen MR) is 75.9 cm³/mol. The van der Waals surface area contributed by atoms with Crippen LogP contribution in [0, 0.1) is 10.1 Å². The lowest BCUT2D eigenvalue weighted by Gasteiger charge is -2.28. The van der Waals surface area contributed by atoms with Crippen LogP contribution < -0.4 is 4.90 Å². The highest BCUT2D eigenvalue weighted by Crippen LogP contribution is 2.26. The highest BCUT2D eigenvalue weighted by molar-refractivity contribution is 5.99. The van der Waals surface area contributed by atoms with E-state index >= 15 is 0 Å². The number of ketones is 1. The number of carbonyl (C=O) groups excluding carboxylic acids is 1. The van der Waals surface area contributed by atoms with Crippen molar-refractivity contribution in [2.45, 2.75) is 40.2 Å². The molecule has 5 nitrogen and oxygen atoms in total. The van der Waals surface area contributed by atoms with Crippen LogP contribution in [0.25, 0.3) is 0 Å². The van der Waals surface area contributed by atoms with Crippen LogP contribution in [0.5, 0.6) is 0 Å². The second-order valence-corrected chi connectivity index (χ2v) is 4.80. The lowest BCUT2D eigenvalue weighted by atomic mass is 10.1. The molecule has 5 heteroatoms. The van der Waals surface area contributed by atoms with Crippen molar-refractivity contribution in [3.63, 3.8) is 0 Å². The molecule has 0 atom stereocenters. The zero-order valence-electron chi connectivity index (χ0n) is 11.8. The lowest BCUT2D eigenvalue weighted by molar-refractivity contribution is -0.385. The summed E-state index contributed by atoms with van der Waals surface area (Å²) in [5, 5.41) is 10.9. The summed E-state index contributed by atoms with van der Waals surface area (Å²) in [6, 6.07) is 5.02. The fraction of sp³-hybridized carbons (Fsp3) is 0.500. The van der Waals surface area contributed by atoms with Gasteiger partial charge in [-0.15, -0.1) is 0 Å². The van der Waals surface area contributed by atoms with Gasteiger partial charge in [-0.3, -0.25) is 14.9 Å². The fourth-order valence-electron chi connectivity index (χ4n) is 2.07. The number of benzene rings is 1. The quantitative estimate of drug-likeness (QED) is 0.448. The summed E-state index contributed by atoms with van der Waals surface area (Å²) in [5.74, 6) is -0.284. The number of rotatable bonds is 6. The van der Waals surface area contributed by atoms with Gasteiger partial charge in [0.1, 0.15) is 0 Å². The molecule has 104 valence electrons. The summed E-state index contributed by atoms with van der Waals surface area (Å²) in [6.07, 6.45) is 0.977. The maximum Gasteiger partial charge on any atom is 0.280 e. The predicted octanol–water partition coefficient (Wildman–Crippen LogP) is 3.42. The van der Waals surface area contributed by atoms with Crippen LogP contribution in [0.3, 0.4) is 0 Å². The van der Waals surface area contributed by atoms with Crippen LogP contribution in [-0.2, 0) is 0 Å². The van der Waals surface area contributed by atoms with Crippen LogP contribution in [0.4, 0.5) is 11.4 Å². The minimum atomic E-state index is -0.514. The molecular formula is C14H20N2O3. The van der Waals surface area contributed by atoms with Crippen molar-refractivity contribution in [1.29, 1.82) is 0 Å². The molecular weight excluding hydrogens is 244 g/mol. The Morgan fingerprint density at radius 2 is 2.05 bits per heavy atom. The van der Waals surface area contributed by atoms with E-state index in [9.17, 15) is 14.9 Å². The van der Waals surface area contributed by atoms with Crippen LogP contribution >= 0.6 is 0 Å². The lowest BCUT2D eigenvalue weighted by Crippen LogP contribution is -2.31. The number of nitrogens with zero attached hydrogens (tertiary/aromatic N) is 2. The SMILES string of the molecule is CCCN(c1ccc([N+](=O)[O-])c(C(C)=O)c1)C(C)C. The fourth-order valence-corrected chi connectivity index (χ4v) is 2.07. The van der Waals surface area contributed by atoms with E-state index in [2.05, 4.69) is 25.7 Å². The van der Waals surface area contributed by atoms with Gasteiger partial charge in [0.25, 0.3) is 5.69 Å². The summed E-state index contributed by atoms with van der Waals surface area (Å²) >= 11 is 0. The summed E-state index contributed by atoms with van der Waals surface area (Å²) < 4.78 is 0. The molecule has 19 heavy (non-hydrogen) atoms. The molecule has 0 aromatic heterocycles. The Hall–Kier alpha value is -1.91. The monoisotopic (exact) mass is 264 g/mol. The first-order valence-electron chi connectivity index (χ1n) is 6.44. The molecule has 0 saturated carbocycles. The Labute approximate surface area is 113 Å². The van der Waals surface area contributed by atoms with E-state index in [1.54, 1.807) is 12.1 Å². The molecule has 0 N–H and O–H groups in total. The van der Waals surface area contributed by atoms with Crippen molar-refractivity contribution in [2.24, 2.45) is 0 Å². The van der Waals surface area contributed by atoms with Crippen molar-refractivity contribution in [3.8, 4) is 0 Å². The molecule has 1 rings (SSSR count). The maximum absolute atomic E-state index is 11.6. The Kier molecular flexibility index (Phi) is 5.03. The first-order chi connectivity index (χ1) is 8.88. The van der Waals surface area contributed by atoms with E-state index in [1.807, 2.05) is 0 Å². The zero-order chi connectivity index (χ0) is 14.6. The molecule has 0 aliphatic carbocycles. The Balaban J connectivity index is 3.27. The molecule has 0 amide bonds. The van der Waals surface area contributed by atoms with Gasteiger partial charge >= 0.3 is 0 Å². The van der Waals surface area contributed by atoms with E-state index in [-0.39, 0.29) is 23.1 Å². The number of Topliss-reactive ketones (excluding diaryl/α,β-unsaturated/α-hetero) is 1. The molecule has 0 aliphatic heterocycles. The number of carbonyl (C=O) groups is 1. The van der Waals surface area contributed by atoms with E-state index in [4.69, 9.17) is 0 Å². The molecule has 0 bridgehead atoms. The molecule has 0 saturated heterocycles. The standard InChI is InChI=1S/C14H20N2O3/c1-5-8-15(10(2)3)12-6-7-14(16(18)19)13(9-12)11(4)17/h6-7,9-10H,5,8H2,1-4H3. The Morgan fingerprint density at radius 3 is 2.47 bits per heavy atom. The molecule has 0 fully saturated rings. The van der Waals surface area contributed by atoms with E-state index in [0.29, 0.717) is 0 Å². The third-order valence-corrected chi connectivity index (χ3v) is 2.98. The molecule has 0 spiro atoms. The summed E-state index contributed by atoms with van der Waals surface area (Å²) in [5.41, 5.74) is 0.897. The number of hydrogen-bond donors (Lipinski definition) is 0. The van der Waals surface area contributed by atoms with Gasteiger partial charge < -0.3 is 4.90 Å². The van der Waals surface area contributed by atoms with Crippen LogP contribution in [0.2, 0.25) is 0 Å². The van der Waals surface area contributed by atoms with Gasteiger partial charge in [-0.1, -0.05) is 6.92 Å². The third-order valence-electron chi connectivity index (χ3n) is 2.98. The van der Waals surface area contributed by atoms with Crippen LogP contribution in [0.1, 0.15) is 44.5 Å². The maximum atomic E-state index is 11.6. The first-order valence-corrected chi connectivity index (χ1v) is 6.44. The van der Waals surface area contributed by atoms with Crippen molar-refractivity contribution in [1.82, 2.24) is 0 Å². The minimum absolute atomic E-state index is 0.128. The van der Waals surface area contributed by atoms with Crippen molar-refractivity contribution in [3.05, 3.63) is 33.9 Å². The van der Waals surface area contributed by atoms with Crippen molar-refractivity contribution < 1.29 is 9.72 Å². The third kappa shape index (κ3) is 3.53. The smallest absolute Gasteiger partial charge is 0.280 e. The molecule has 1 aromatic carbocycles. The first kappa shape index (κ1) is 15.1. The molecule has 0 heterocycles. The number of anilines is 1. The van der Waals surface area contributed by atoms with Gasteiger partial charge in [0, 0.05) is 24.3 Å². The molecule has 1 aromatic rings. The van der Waals surface area contributed by atoms with Gasteiger partial charge in [0.15, 0.2) is 5.78 Å².